The van der Waals surface area contributed by atoms with Crippen molar-refractivity contribution in [2.24, 2.45) is 0 Å². The summed E-state index contributed by atoms with van der Waals surface area (Å²) in [5.41, 5.74) is 3.25. The minimum absolute atomic E-state index is 0.0260. The van der Waals surface area contributed by atoms with Gasteiger partial charge in [-0.1, -0.05) is 12.1 Å². The van der Waals surface area contributed by atoms with Crippen molar-refractivity contribution < 1.29 is 14.3 Å². The fourth-order valence-corrected chi connectivity index (χ4v) is 2.63. The van der Waals surface area contributed by atoms with E-state index in [0.29, 0.717) is 12.1 Å². The fraction of sp³-hybridized carbons (Fsp3) is 0.200. The third-order valence-corrected chi connectivity index (χ3v) is 3.65. The van der Waals surface area contributed by atoms with Gasteiger partial charge in [-0.25, -0.2) is 0 Å². The molecule has 5 nitrogen and oxygen atoms in total. The third-order valence-electron chi connectivity index (χ3n) is 3.65. The molecule has 0 saturated heterocycles. The van der Waals surface area contributed by atoms with Crippen LogP contribution in [-0.2, 0) is 16.0 Å². The van der Waals surface area contributed by atoms with Crippen LogP contribution in [0.4, 0.5) is 11.4 Å². The van der Waals surface area contributed by atoms with Crippen LogP contribution in [0.25, 0.3) is 6.08 Å². The smallest absolute Gasteiger partial charge is 0.248 e. The van der Waals surface area contributed by atoms with Crippen molar-refractivity contribution >= 4 is 29.3 Å². The molecule has 2 N–H and O–H groups in total. The molecule has 1 aliphatic rings. The van der Waals surface area contributed by atoms with Crippen molar-refractivity contribution in [2.75, 3.05) is 10.6 Å². The van der Waals surface area contributed by atoms with Crippen molar-refractivity contribution in [3.8, 4) is 5.75 Å². The molecule has 1 aliphatic heterocycles. The van der Waals surface area contributed by atoms with Crippen molar-refractivity contribution in [3.05, 3.63) is 59.7 Å². The van der Waals surface area contributed by atoms with Crippen LogP contribution in [0.15, 0.2) is 48.5 Å². The zero-order valence-electron chi connectivity index (χ0n) is 14.2. The van der Waals surface area contributed by atoms with E-state index in [-0.39, 0.29) is 17.9 Å². The molecule has 0 bridgehead atoms. The number of benzene rings is 2. The molecule has 0 atom stereocenters. The number of rotatable bonds is 5. The average Bonchev–Trinajstić information content (AvgIpc) is 2.92. The van der Waals surface area contributed by atoms with Gasteiger partial charge < -0.3 is 15.4 Å². The summed E-state index contributed by atoms with van der Waals surface area (Å²) in [5, 5.41) is 5.57. The molecule has 0 aromatic heterocycles. The van der Waals surface area contributed by atoms with E-state index in [1.165, 1.54) is 6.08 Å². The van der Waals surface area contributed by atoms with Gasteiger partial charge in [-0.15, -0.1) is 0 Å². The number of fused-ring (bicyclic) bond motifs is 1. The molecule has 0 fully saturated rings. The first-order valence-electron chi connectivity index (χ1n) is 8.18. The minimum atomic E-state index is -0.229. The Morgan fingerprint density at radius 2 is 2.08 bits per heavy atom. The van der Waals surface area contributed by atoms with E-state index in [4.69, 9.17) is 4.74 Å². The number of amides is 2. The molecular weight excluding hydrogens is 316 g/mol. The number of anilines is 2. The molecule has 0 saturated carbocycles. The lowest BCUT2D eigenvalue weighted by molar-refractivity contribution is -0.115. The highest BCUT2D eigenvalue weighted by atomic mass is 16.5. The van der Waals surface area contributed by atoms with Gasteiger partial charge in [0.1, 0.15) is 5.75 Å². The summed E-state index contributed by atoms with van der Waals surface area (Å²) in [5.74, 6) is 0.516. The molecule has 0 spiro atoms. The lowest BCUT2D eigenvalue weighted by atomic mass is 10.1. The standard InChI is InChI=1S/C20H20N2O3/c1-13(2)25-17-5-3-4-14(10-17)6-9-19(23)21-16-7-8-18-15(11-16)12-20(24)22-18/h3-11,13H,12H2,1-2H3,(H,21,23)(H,22,24). The van der Waals surface area contributed by atoms with Crippen LogP contribution in [-0.4, -0.2) is 17.9 Å². The molecule has 2 amide bonds. The van der Waals surface area contributed by atoms with Gasteiger partial charge in [-0.2, -0.15) is 0 Å². The van der Waals surface area contributed by atoms with Gasteiger partial charge in [0, 0.05) is 17.5 Å². The molecule has 5 heteroatoms. The van der Waals surface area contributed by atoms with E-state index in [1.54, 1.807) is 18.2 Å². The Morgan fingerprint density at radius 3 is 2.88 bits per heavy atom. The Balaban J connectivity index is 1.64. The van der Waals surface area contributed by atoms with E-state index < -0.39 is 0 Å². The van der Waals surface area contributed by atoms with Crippen LogP contribution in [0.5, 0.6) is 5.75 Å². The van der Waals surface area contributed by atoms with Gasteiger partial charge in [0.25, 0.3) is 0 Å². The van der Waals surface area contributed by atoms with Crippen LogP contribution >= 0.6 is 0 Å². The lowest BCUT2D eigenvalue weighted by Crippen LogP contribution is -2.08. The zero-order valence-corrected chi connectivity index (χ0v) is 14.2. The van der Waals surface area contributed by atoms with Gasteiger partial charge in [0.15, 0.2) is 0 Å². The first-order chi connectivity index (χ1) is 12.0. The van der Waals surface area contributed by atoms with E-state index in [9.17, 15) is 9.59 Å². The second-order valence-corrected chi connectivity index (χ2v) is 6.16. The minimum Gasteiger partial charge on any atom is -0.491 e. The second kappa shape index (κ2) is 7.21. The Morgan fingerprint density at radius 1 is 1.24 bits per heavy atom. The summed E-state index contributed by atoms with van der Waals surface area (Å²) in [6, 6.07) is 13.0. The zero-order chi connectivity index (χ0) is 17.8. The maximum atomic E-state index is 12.1. The van der Waals surface area contributed by atoms with E-state index in [0.717, 1.165) is 22.6 Å². The first-order valence-corrected chi connectivity index (χ1v) is 8.18. The Labute approximate surface area is 146 Å². The normalized spacial score (nSPS) is 13.0. The van der Waals surface area contributed by atoms with Gasteiger partial charge >= 0.3 is 0 Å². The maximum Gasteiger partial charge on any atom is 0.248 e. The lowest BCUT2D eigenvalue weighted by Gasteiger charge is -2.09. The molecule has 0 radical (unpaired) electrons. The molecule has 0 unspecified atom stereocenters. The Kier molecular flexibility index (Phi) is 4.84. The predicted molar refractivity (Wildman–Crippen MR) is 98.6 cm³/mol. The molecule has 2 aromatic carbocycles. The largest absolute Gasteiger partial charge is 0.491 e. The first kappa shape index (κ1) is 16.8. The SMILES string of the molecule is CC(C)Oc1cccc(C=CC(=O)Nc2ccc3c(c2)CC(=O)N3)c1. The molecule has 3 rings (SSSR count). The maximum absolute atomic E-state index is 12.1. The average molecular weight is 336 g/mol. The third kappa shape index (κ3) is 4.47. The van der Waals surface area contributed by atoms with Crippen molar-refractivity contribution in [1.29, 1.82) is 0 Å². The predicted octanol–water partition coefficient (Wildman–Crippen LogP) is 3.62. The van der Waals surface area contributed by atoms with Gasteiger partial charge in [0.2, 0.25) is 11.8 Å². The number of carbonyl (C=O) groups is 2. The van der Waals surface area contributed by atoms with Gasteiger partial charge in [0.05, 0.1) is 12.5 Å². The van der Waals surface area contributed by atoms with Crippen LogP contribution in [0, 0.1) is 0 Å². The highest BCUT2D eigenvalue weighted by Crippen LogP contribution is 2.26. The summed E-state index contributed by atoms with van der Waals surface area (Å²) >= 11 is 0. The Bertz CT molecular complexity index is 841. The van der Waals surface area contributed by atoms with E-state index in [1.807, 2.05) is 44.2 Å². The van der Waals surface area contributed by atoms with E-state index >= 15 is 0 Å². The van der Waals surface area contributed by atoms with Crippen LogP contribution in [0.2, 0.25) is 0 Å². The Hall–Kier alpha value is -3.08. The van der Waals surface area contributed by atoms with E-state index in [2.05, 4.69) is 10.6 Å². The molecule has 25 heavy (non-hydrogen) atoms. The number of hydrogen-bond acceptors (Lipinski definition) is 3. The van der Waals surface area contributed by atoms with Crippen LogP contribution in [0.3, 0.4) is 0 Å². The number of hydrogen-bond donors (Lipinski definition) is 2. The van der Waals surface area contributed by atoms with Gasteiger partial charge in [-0.3, -0.25) is 9.59 Å². The number of ether oxygens (including phenoxy) is 1. The highest BCUT2D eigenvalue weighted by molar-refractivity contribution is 6.03. The molecule has 128 valence electrons. The molecular formula is C20H20N2O3. The van der Waals surface area contributed by atoms with Crippen LogP contribution in [0.1, 0.15) is 25.0 Å². The molecule has 2 aromatic rings. The summed E-state index contributed by atoms with van der Waals surface area (Å²) < 4.78 is 5.64. The summed E-state index contributed by atoms with van der Waals surface area (Å²) in [4.78, 5) is 23.5. The molecule has 0 aliphatic carbocycles. The van der Waals surface area contributed by atoms with Crippen molar-refractivity contribution in [3.63, 3.8) is 0 Å². The van der Waals surface area contributed by atoms with Crippen LogP contribution < -0.4 is 15.4 Å². The fourth-order valence-electron chi connectivity index (χ4n) is 2.63. The number of carbonyl (C=O) groups excluding carboxylic acids is 2. The van der Waals surface area contributed by atoms with Crippen molar-refractivity contribution in [2.45, 2.75) is 26.4 Å². The van der Waals surface area contributed by atoms with Gasteiger partial charge in [-0.05, 0) is 61.4 Å². The van der Waals surface area contributed by atoms with Crippen molar-refractivity contribution in [1.82, 2.24) is 0 Å². The summed E-state index contributed by atoms with van der Waals surface area (Å²) in [6.45, 7) is 3.94. The highest BCUT2D eigenvalue weighted by Gasteiger charge is 2.17. The molecule has 1 heterocycles. The summed E-state index contributed by atoms with van der Waals surface area (Å²) in [7, 11) is 0. The summed E-state index contributed by atoms with van der Waals surface area (Å²) in [6.07, 6.45) is 3.66. The monoisotopic (exact) mass is 336 g/mol. The second-order valence-electron chi connectivity index (χ2n) is 6.16. The topological polar surface area (TPSA) is 67.4 Å². The number of nitrogens with one attached hydrogen (secondary N) is 2. The quantitative estimate of drug-likeness (QED) is 0.820.